The van der Waals surface area contributed by atoms with Crippen LogP contribution >= 0.6 is 11.3 Å². The number of hydrogen-bond donors (Lipinski definition) is 2. The number of fused-ring (bicyclic) bond motifs is 2. The normalized spacial score (nSPS) is 10.9. The molecule has 0 saturated heterocycles. The maximum Gasteiger partial charge on any atom is 0.339 e. The number of pyridine rings is 1. The maximum absolute atomic E-state index is 12.9. The minimum Gasteiger partial charge on any atom is -0.494 e. The molecule has 0 aliphatic rings. The van der Waals surface area contributed by atoms with Crippen molar-refractivity contribution in [1.29, 1.82) is 0 Å². The van der Waals surface area contributed by atoms with Gasteiger partial charge < -0.3 is 20.5 Å². The molecule has 0 atom stereocenters. The molecular weight excluding hydrogens is 402 g/mol. The molecule has 0 aliphatic heterocycles. The summed E-state index contributed by atoms with van der Waals surface area (Å²) in [5.74, 6) is -0.210. The SMILES string of the molecule is CCOc1ccc2cc3c(N)c(C(=O)Nc4ccccc4C(=O)OC)sc3nc2c1. The second kappa shape index (κ2) is 8.00. The summed E-state index contributed by atoms with van der Waals surface area (Å²) in [4.78, 5) is 30.5. The van der Waals surface area contributed by atoms with Crippen LogP contribution in [0.2, 0.25) is 0 Å². The molecule has 0 unspecified atom stereocenters. The number of hydrogen-bond acceptors (Lipinski definition) is 7. The summed E-state index contributed by atoms with van der Waals surface area (Å²) >= 11 is 1.20. The van der Waals surface area contributed by atoms with Crippen LogP contribution < -0.4 is 15.8 Å². The molecule has 2 aromatic heterocycles. The van der Waals surface area contributed by atoms with Crippen molar-refractivity contribution in [1.82, 2.24) is 4.98 Å². The predicted molar refractivity (Wildman–Crippen MR) is 118 cm³/mol. The van der Waals surface area contributed by atoms with Gasteiger partial charge in [-0.2, -0.15) is 0 Å². The van der Waals surface area contributed by atoms with Gasteiger partial charge in [-0.15, -0.1) is 11.3 Å². The van der Waals surface area contributed by atoms with E-state index in [0.29, 0.717) is 33.1 Å². The van der Waals surface area contributed by atoms with Gasteiger partial charge in [0.05, 0.1) is 36.2 Å². The van der Waals surface area contributed by atoms with Crippen LogP contribution in [0.15, 0.2) is 48.5 Å². The van der Waals surface area contributed by atoms with Crippen molar-refractivity contribution in [3.05, 3.63) is 59.0 Å². The number of carbonyl (C=O) groups excluding carboxylic acids is 2. The van der Waals surface area contributed by atoms with Gasteiger partial charge in [0, 0.05) is 16.8 Å². The standard InChI is InChI=1S/C22H19N3O4S/c1-3-29-13-9-8-12-10-15-18(23)19(30-21(15)25-17(12)11-13)20(26)24-16-7-5-4-6-14(16)22(27)28-2/h4-11H,3,23H2,1-2H3,(H,24,26). The molecule has 4 aromatic rings. The molecule has 2 heterocycles. The van der Waals surface area contributed by atoms with Crippen molar-refractivity contribution in [2.24, 2.45) is 0 Å². The number of nitrogens with zero attached hydrogens (tertiary/aromatic N) is 1. The van der Waals surface area contributed by atoms with Crippen molar-refractivity contribution < 1.29 is 19.1 Å². The van der Waals surface area contributed by atoms with Crippen LogP contribution in [-0.2, 0) is 4.74 Å². The lowest BCUT2D eigenvalue weighted by Gasteiger charge is -2.09. The van der Waals surface area contributed by atoms with Crippen LogP contribution in [0, 0.1) is 0 Å². The third kappa shape index (κ3) is 3.53. The molecule has 152 valence electrons. The minimum atomic E-state index is -0.534. The molecule has 0 bridgehead atoms. The number of amides is 1. The number of benzene rings is 2. The van der Waals surface area contributed by atoms with Gasteiger partial charge in [0.2, 0.25) is 0 Å². The molecule has 0 saturated carbocycles. The van der Waals surface area contributed by atoms with Crippen LogP contribution in [0.25, 0.3) is 21.1 Å². The summed E-state index contributed by atoms with van der Waals surface area (Å²) in [5.41, 5.74) is 8.01. The third-order valence-electron chi connectivity index (χ3n) is 4.59. The quantitative estimate of drug-likeness (QED) is 0.461. The smallest absolute Gasteiger partial charge is 0.339 e. The maximum atomic E-state index is 12.9. The highest BCUT2D eigenvalue weighted by Crippen LogP contribution is 2.35. The number of nitrogens with one attached hydrogen (secondary N) is 1. The van der Waals surface area contributed by atoms with Crippen molar-refractivity contribution in [2.75, 3.05) is 24.8 Å². The molecule has 8 heteroatoms. The number of para-hydroxylation sites is 1. The number of methoxy groups -OCH3 is 1. The van der Waals surface area contributed by atoms with Crippen molar-refractivity contribution >= 4 is 55.7 Å². The Bertz CT molecular complexity index is 1280. The lowest BCUT2D eigenvalue weighted by molar-refractivity contribution is 0.0602. The van der Waals surface area contributed by atoms with Gasteiger partial charge in [-0.05, 0) is 37.3 Å². The lowest BCUT2D eigenvalue weighted by atomic mass is 10.1. The van der Waals surface area contributed by atoms with Crippen molar-refractivity contribution in [2.45, 2.75) is 6.92 Å². The monoisotopic (exact) mass is 421 g/mol. The van der Waals surface area contributed by atoms with E-state index in [1.165, 1.54) is 18.4 Å². The van der Waals surface area contributed by atoms with Crippen LogP contribution in [0.1, 0.15) is 27.0 Å². The summed E-state index contributed by atoms with van der Waals surface area (Å²) in [6.45, 7) is 2.49. The first-order valence-electron chi connectivity index (χ1n) is 9.26. The Morgan fingerprint density at radius 2 is 1.97 bits per heavy atom. The van der Waals surface area contributed by atoms with Crippen LogP contribution in [0.4, 0.5) is 11.4 Å². The van der Waals surface area contributed by atoms with Gasteiger partial charge in [-0.3, -0.25) is 4.79 Å². The summed E-state index contributed by atoms with van der Waals surface area (Å²) in [7, 11) is 1.29. The van der Waals surface area contributed by atoms with Crippen LogP contribution in [0.3, 0.4) is 0 Å². The zero-order chi connectivity index (χ0) is 21.3. The Hall–Kier alpha value is -3.65. The summed E-state index contributed by atoms with van der Waals surface area (Å²) in [5, 5.41) is 4.37. The van der Waals surface area contributed by atoms with E-state index in [1.807, 2.05) is 31.2 Å². The van der Waals surface area contributed by atoms with Gasteiger partial charge >= 0.3 is 5.97 Å². The number of carbonyl (C=O) groups is 2. The fraction of sp³-hybridized carbons (Fsp3) is 0.136. The molecule has 3 N–H and O–H groups in total. The van der Waals surface area contributed by atoms with Crippen molar-refractivity contribution in [3.8, 4) is 5.75 Å². The first-order chi connectivity index (χ1) is 14.5. The summed E-state index contributed by atoms with van der Waals surface area (Å²) in [6.07, 6.45) is 0. The summed E-state index contributed by atoms with van der Waals surface area (Å²) < 4.78 is 10.3. The Morgan fingerprint density at radius 3 is 2.73 bits per heavy atom. The topological polar surface area (TPSA) is 104 Å². The summed E-state index contributed by atoms with van der Waals surface area (Å²) in [6, 6.07) is 14.2. The van der Waals surface area contributed by atoms with Crippen molar-refractivity contribution in [3.63, 3.8) is 0 Å². The van der Waals surface area contributed by atoms with E-state index < -0.39 is 11.9 Å². The molecule has 0 radical (unpaired) electrons. The highest BCUT2D eigenvalue weighted by Gasteiger charge is 2.20. The van der Waals surface area contributed by atoms with E-state index >= 15 is 0 Å². The van der Waals surface area contributed by atoms with E-state index in [4.69, 9.17) is 15.2 Å². The zero-order valence-electron chi connectivity index (χ0n) is 16.4. The molecule has 0 fully saturated rings. The predicted octanol–water partition coefficient (Wildman–Crippen LogP) is 4.47. The number of esters is 1. The number of anilines is 2. The lowest BCUT2D eigenvalue weighted by Crippen LogP contribution is -2.15. The first-order valence-corrected chi connectivity index (χ1v) is 10.1. The first kappa shape index (κ1) is 19.7. The van der Waals surface area contributed by atoms with E-state index in [9.17, 15) is 9.59 Å². The average Bonchev–Trinajstić information content (AvgIpc) is 3.08. The van der Waals surface area contributed by atoms with Gasteiger partial charge in [0.1, 0.15) is 15.5 Å². The molecular formula is C22H19N3O4S. The second-order valence-corrected chi connectivity index (χ2v) is 7.46. The average molecular weight is 421 g/mol. The van der Waals surface area contributed by atoms with E-state index in [0.717, 1.165) is 16.7 Å². The largest absolute Gasteiger partial charge is 0.494 e. The van der Waals surface area contributed by atoms with E-state index in [1.54, 1.807) is 24.3 Å². The highest BCUT2D eigenvalue weighted by molar-refractivity contribution is 7.21. The molecule has 30 heavy (non-hydrogen) atoms. The number of nitrogen functional groups attached to an aromatic ring is 1. The number of ether oxygens (including phenoxy) is 2. The van der Waals surface area contributed by atoms with Crippen LogP contribution in [0.5, 0.6) is 5.75 Å². The van der Waals surface area contributed by atoms with Gasteiger partial charge in [0.25, 0.3) is 5.91 Å². The molecule has 7 nitrogen and oxygen atoms in total. The number of rotatable bonds is 5. The number of thiophene rings is 1. The van der Waals surface area contributed by atoms with Gasteiger partial charge in [0.15, 0.2) is 0 Å². The Kier molecular flexibility index (Phi) is 5.24. The van der Waals surface area contributed by atoms with Gasteiger partial charge in [-0.25, -0.2) is 9.78 Å². The van der Waals surface area contributed by atoms with E-state index in [2.05, 4.69) is 10.3 Å². The highest BCUT2D eigenvalue weighted by atomic mass is 32.1. The Morgan fingerprint density at radius 1 is 1.17 bits per heavy atom. The van der Waals surface area contributed by atoms with Crippen LogP contribution in [-0.4, -0.2) is 30.6 Å². The molecule has 0 aliphatic carbocycles. The molecule has 0 spiro atoms. The number of aromatic nitrogens is 1. The molecule has 2 aromatic carbocycles. The Labute approximate surface area is 176 Å². The second-order valence-electron chi connectivity index (χ2n) is 6.46. The van der Waals surface area contributed by atoms with E-state index in [-0.39, 0.29) is 5.56 Å². The number of nitrogens with two attached hydrogens (primary N) is 1. The third-order valence-corrected chi connectivity index (χ3v) is 5.70. The molecule has 1 amide bonds. The minimum absolute atomic E-state index is 0.264. The fourth-order valence-corrected chi connectivity index (χ4v) is 4.14. The Balaban J connectivity index is 1.72. The molecule has 4 rings (SSSR count). The van der Waals surface area contributed by atoms with Gasteiger partial charge in [-0.1, -0.05) is 12.1 Å². The fourth-order valence-electron chi connectivity index (χ4n) is 3.16. The zero-order valence-corrected chi connectivity index (χ0v) is 17.2.